The highest BCUT2D eigenvalue weighted by Crippen LogP contribution is 2.15. The van der Waals surface area contributed by atoms with Crippen LogP contribution < -0.4 is 16.4 Å². The molecule has 140 valence electrons. The zero-order chi connectivity index (χ0) is 19.1. The van der Waals surface area contributed by atoms with E-state index in [-0.39, 0.29) is 11.9 Å². The van der Waals surface area contributed by atoms with Gasteiger partial charge in [0.15, 0.2) is 0 Å². The van der Waals surface area contributed by atoms with Crippen LogP contribution in [-0.2, 0) is 11.2 Å². The number of aryl methyl sites for hydroxylation is 1. The predicted molar refractivity (Wildman–Crippen MR) is 112 cm³/mol. The van der Waals surface area contributed by atoms with Crippen molar-refractivity contribution in [3.05, 3.63) is 66.5 Å². The standard InChI is InChI=1S/C13H18N2O.C9H8N2/c1-2-10-5-7-11(8-6-10)15-13(16)12-4-3-9-14-12;10-9-2-1-8-6-11-4-3-7(8)5-9/h5-8,12,14H,2-4,9H2,1H3,(H,15,16);1-6H,10H2/t12-;/m0./s1. The Bertz CT molecular complexity index is 886. The molecule has 1 saturated heterocycles. The number of nitrogen functional groups attached to an aromatic ring is 1. The Kier molecular flexibility index (Phi) is 6.39. The lowest BCUT2D eigenvalue weighted by atomic mass is 10.1. The first-order chi connectivity index (χ1) is 13.2. The Balaban J connectivity index is 0.000000166. The van der Waals surface area contributed by atoms with Gasteiger partial charge in [0.25, 0.3) is 0 Å². The van der Waals surface area contributed by atoms with Crippen LogP contribution >= 0.6 is 0 Å². The molecule has 0 radical (unpaired) electrons. The number of nitrogens with two attached hydrogens (primary N) is 1. The number of amides is 1. The number of hydrogen-bond acceptors (Lipinski definition) is 4. The van der Waals surface area contributed by atoms with Gasteiger partial charge in [0, 0.05) is 29.2 Å². The van der Waals surface area contributed by atoms with Crippen molar-refractivity contribution in [3.63, 3.8) is 0 Å². The van der Waals surface area contributed by atoms with Crippen molar-refractivity contribution in [1.29, 1.82) is 0 Å². The van der Waals surface area contributed by atoms with E-state index < -0.39 is 0 Å². The second kappa shape index (κ2) is 9.14. The Hall–Kier alpha value is -2.92. The zero-order valence-corrected chi connectivity index (χ0v) is 15.6. The third kappa shape index (κ3) is 5.28. The Morgan fingerprint density at radius 2 is 2.00 bits per heavy atom. The summed E-state index contributed by atoms with van der Waals surface area (Å²) in [5.74, 6) is 0.0850. The molecule has 3 aromatic rings. The molecular weight excluding hydrogens is 336 g/mol. The van der Waals surface area contributed by atoms with E-state index in [1.807, 2.05) is 42.6 Å². The molecule has 2 aromatic carbocycles. The van der Waals surface area contributed by atoms with Crippen molar-refractivity contribution in [1.82, 2.24) is 10.3 Å². The monoisotopic (exact) mass is 362 g/mol. The van der Waals surface area contributed by atoms with E-state index in [1.54, 1.807) is 6.20 Å². The molecule has 1 aromatic heterocycles. The fourth-order valence-corrected chi connectivity index (χ4v) is 3.06. The Morgan fingerprint density at radius 1 is 1.19 bits per heavy atom. The van der Waals surface area contributed by atoms with Gasteiger partial charge in [0.05, 0.1) is 6.04 Å². The van der Waals surface area contributed by atoms with Crippen LogP contribution in [0, 0.1) is 0 Å². The van der Waals surface area contributed by atoms with Gasteiger partial charge in [-0.25, -0.2) is 0 Å². The third-order valence-corrected chi connectivity index (χ3v) is 4.67. The zero-order valence-electron chi connectivity index (χ0n) is 15.6. The molecule has 5 heteroatoms. The Labute approximate surface area is 160 Å². The summed E-state index contributed by atoms with van der Waals surface area (Å²) in [5.41, 5.74) is 8.57. The van der Waals surface area contributed by atoms with E-state index in [2.05, 4.69) is 34.7 Å². The molecule has 1 aliphatic heterocycles. The first-order valence-corrected chi connectivity index (χ1v) is 9.38. The van der Waals surface area contributed by atoms with Gasteiger partial charge in [0.1, 0.15) is 0 Å². The quantitative estimate of drug-likeness (QED) is 0.620. The van der Waals surface area contributed by atoms with E-state index in [0.717, 1.165) is 48.0 Å². The lowest BCUT2D eigenvalue weighted by molar-refractivity contribution is -0.117. The van der Waals surface area contributed by atoms with Gasteiger partial charge in [-0.3, -0.25) is 9.78 Å². The topological polar surface area (TPSA) is 80.0 Å². The van der Waals surface area contributed by atoms with Crippen LogP contribution in [0.4, 0.5) is 11.4 Å². The number of carbonyl (C=O) groups excluding carboxylic acids is 1. The molecular formula is C22H26N4O. The maximum absolute atomic E-state index is 11.8. The minimum absolute atomic E-state index is 0.00847. The van der Waals surface area contributed by atoms with Gasteiger partial charge >= 0.3 is 0 Å². The summed E-state index contributed by atoms with van der Waals surface area (Å²) in [6.07, 6.45) is 6.65. The number of hydrogen-bond donors (Lipinski definition) is 3. The summed E-state index contributed by atoms with van der Waals surface area (Å²) in [6.45, 7) is 3.07. The average molecular weight is 362 g/mol. The smallest absolute Gasteiger partial charge is 0.241 e. The largest absolute Gasteiger partial charge is 0.399 e. The predicted octanol–water partition coefficient (Wildman–Crippen LogP) is 3.76. The third-order valence-electron chi connectivity index (χ3n) is 4.67. The molecule has 1 atom stereocenters. The number of aromatic nitrogens is 1. The fourth-order valence-electron chi connectivity index (χ4n) is 3.06. The maximum atomic E-state index is 11.8. The average Bonchev–Trinajstić information content (AvgIpc) is 3.24. The minimum atomic E-state index is -0.00847. The van der Waals surface area contributed by atoms with E-state index in [1.165, 1.54) is 5.56 Å². The summed E-state index contributed by atoms with van der Waals surface area (Å²) >= 11 is 0. The second-order valence-electron chi connectivity index (χ2n) is 6.67. The van der Waals surface area contributed by atoms with Crippen molar-refractivity contribution in [2.75, 3.05) is 17.6 Å². The number of pyridine rings is 1. The van der Waals surface area contributed by atoms with Gasteiger partial charge in [0.2, 0.25) is 5.91 Å². The lowest BCUT2D eigenvalue weighted by Gasteiger charge is -2.11. The van der Waals surface area contributed by atoms with Crippen LogP contribution in [0.15, 0.2) is 60.9 Å². The number of rotatable bonds is 3. The van der Waals surface area contributed by atoms with Crippen molar-refractivity contribution in [2.45, 2.75) is 32.2 Å². The van der Waals surface area contributed by atoms with Crippen LogP contribution in [0.1, 0.15) is 25.3 Å². The fraction of sp³-hybridized carbons (Fsp3) is 0.273. The number of nitrogens with one attached hydrogen (secondary N) is 2. The number of anilines is 2. The molecule has 27 heavy (non-hydrogen) atoms. The number of fused-ring (bicyclic) bond motifs is 1. The molecule has 0 saturated carbocycles. The first-order valence-electron chi connectivity index (χ1n) is 9.38. The van der Waals surface area contributed by atoms with Gasteiger partial charge in [-0.15, -0.1) is 0 Å². The molecule has 4 N–H and O–H groups in total. The van der Waals surface area contributed by atoms with E-state index in [9.17, 15) is 4.79 Å². The summed E-state index contributed by atoms with van der Waals surface area (Å²) < 4.78 is 0. The van der Waals surface area contributed by atoms with E-state index in [4.69, 9.17) is 5.73 Å². The molecule has 0 bridgehead atoms. The van der Waals surface area contributed by atoms with E-state index >= 15 is 0 Å². The number of nitrogens with zero attached hydrogens (tertiary/aromatic N) is 1. The molecule has 0 unspecified atom stereocenters. The number of benzene rings is 2. The molecule has 0 aliphatic carbocycles. The minimum Gasteiger partial charge on any atom is -0.399 e. The van der Waals surface area contributed by atoms with Crippen LogP contribution in [-0.4, -0.2) is 23.5 Å². The highest BCUT2D eigenvalue weighted by atomic mass is 16.2. The summed E-state index contributed by atoms with van der Waals surface area (Å²) in [7, 11) is 0. The van der Waals surface area contributed by atoms with Crippen molar-refractivity contribution >= 4 is 28.1 Å². The van der Waals surface area contributed by atoms with Gasteiger partial charge in [-0.05, 0) is 67.1 Å². The maximum Gasteiger partial charge on any atom is 0.241 e. The molecule has 4 rings (SSSR count). The lowest BCUT2D eigenvalue weighted by Crippen LogP contribution is -2.35. The van der Waals surface area contributed by atoms with Crippen molar-refractivity contribution in [2.24, 2.45) is 0 Å². The van der Waals surface area contributed by atoms with Gasteiger partial charge < -0.3 is 16.4 Å². The summed E-state index contributed by atoms with van der Waals surface area (Å²) in [5, 5.41) is 8.39. The normalized spacial score (nSPS) is 15.8. The highest BCUT2D eigenvalue weighted by molar-refractivity contribution is 5.95. The van der Waals surface area contributed by atoms with Gasteiger partial charge in [-0.1, -0.05) is 25.1 Å². The molecule has 1 fully saturated rings. The second-order valence-corrected chi connectivity index (χ2v) is 6.67. The van der Waals surface area contributed by atoms with Crippen molar-refractivity contribution < 1.29 is 4.79 Å². The SMILES string of the molecule is CCc1ccc(NC(=O)[C@@H]2CCCN2)cc1.Nc1ccc2cnccc2c1. The molecule has 1 aliphatic rings. The van der Waals surface area contributed by atoms with Crippen molar-refractivity contribution in [3.8, 4) is 0 Å². The molecule has 0 spiro atoms. The molecule has 1 amide bonds. The Morgan fingerprint density at radius 3 is 2.70 bits per heavy atom. The summed E-state index contributed by atoms with van der Waals surface area (Å²) in [6, 6.07) is 15.8. The van der Waals surface area contributed by atoms with Crippen LogP contribution in [0.5, 0.6) is 0 Å². The van der Waals surface area contributed by atoms with Crippen LogP contribution in [0.25, 0.3) is 10.8 Å². The molecule has 5 nitrogen and oxygen atoms in total. The van der Waals surface area contributed by atoms with Crippen LogP contribution in [0.3, 0.4) is 0 Å². The van der Waals surface area contributed by atoms with E-state index in [0.29, 0.717) is 0 Å². The number of carbonyl (C=O) groups is 1. The van der Waals surface area contributed by atoms with Crippen LogP contribution in [0.2, 0.25) is 0 Å². The molecule has 2 heterocycles. The summed E-state index contributed by atoms with van der Waals surface area (Å²) in [4.78, 5) is 15.8. The first kappa shape index (κ1) is 18.9. The van der Waals surface area contributed by atoms with Gasteiger partial charge in [-0.2, -0.15) is 0 Å². The highest BCUT2D eigenvalue weighted by Gasteiger charge is 2.21.